The van der Waals surface area contributed by atoms with Crippen LogP contribution in [0.2, 0.25) is 0 Å². The Balaban J connectivity index is 2.52. The quantitative estimate of drug-likeness (QED) is 0.831. The first-order valence-electron chi connectivity index (χ1n) is 6.31. The van der Waals surface area contributed by atoms with Crippen LogP contribution in [0, 0.1) is 16.1 Å². The van der Waals surface area contributed by atoms with Crippen LogP contribution in [0.15, 0.2) is 18.2 Å². The predicted octanol–water partition coefficient (Wildman–Crippen LogP) is 4.32. The summed E-state index contributed by atoms with van der Waals surface area (Å²) in [5, 5.41) is 8.98. The summed E-state index contributed by atoms with van der Waals surface area (Å²) in [6, 6.07) is 8.18. The lowest BCUT2D eigenvalue weighted by Gasteiger charge is -2.14. The number of nitrogens with zero attached hydrogens (tertiary/aromatic N) is 2. The Labute approximate surface area is 112 Å². The topological polar surface area (TPSA) is 44.5 Å². The molecule has 0 amide bonds. The first kappa shape index (κ1) is 12.8. The second-order valence-corrected chi connectivity index (χ2v) is 5.02. The largest absolute Gasteiger partial charge is 0.331 e. The molecule has 0 radical (unpaired) electrons. The zero-order valence-corrected chi connectivity index (χ0v) is 11.5. The molecule has 1 heterocycles. The Bertz CT molecular complexity index is 645. The molecule has 0 aliphatic heterocycles. The molecular formula is C14H17N3S. The van der Waals surface area contributed by atoms with Crippen molar-refractivity contribution in [3.05, 3.63) is 28.5 Å². The summed E-state index contributed by atoms with van der Waals surface area (Å²) in [5.41, 5.74) is 2.71. The summed E-state index contributed by atoms with van der Waals surface area (Å²) >= 11 is 5.38. The highest BCUT2D eigenvalue weighted by molar-refractivity contribution is 7.71. The third kappa shape index (κ3) is 2.32. The lowest BCUT2D eigenvalue weighted by molar-refractivity contribution is 0.491. The van der Waals surface area contributed by atoms with Crippen LogP contribution in [-0.4, -0.2) is 9.55 Å². The zero-order chi connectivity index (χ0) is 13.1. The van der Waals surface area contributed by atoms with Crippen molar-refractivity contribution in [1.29, 1.82) is 5.26 Å². The van der Waals surface area contributed by atoms with Gasteiger partial charge in [0.15, 0.2) is 4.77 Å². The van der Waals surface area contributed by atoms with Crippen molar-refractivity contribution >= 4 is 23.3 Å². The number of imidazole rings is 1. The number of nitrogens with one attached hydrogen (secondary N) is 1. The Morgan fingerprint density at radius 1 is 1.50 bits per heavy atom. The van der Waals surface area contributed by atoms with Gasteiger partial charge in [0.1, 0.15) is 0 Å². The summed E-state index contributed by atoms with van der Waals surface area (Å²) in [4.78, 5) is 3.20. The van der Waals surface area contributed by atoms with E-state index in [0.717, 1.165) is 22.2 Å². The standard InChI is InChI=1S/C14H17N3S/c1-3-4-5-10(2)17-13-8-11(9-15)6-7-12(13)16-14(17)18/h6-8,10H,3-5H2,1-2H3,(H,16,18). The minimum atomic E-state index is 0.361. The van der Waals surface area contributed by atoms with Crippen molar-refractivity contribution in [3.8, 4) is 6.07 Å². The summed E-state index contributed by atoms with van der Waals surface area (Å²) in [7, 11) is 0. The van der Waals surface area contributed by atoms with Gasteiger partial charge in [-0.15, -0.1) is 0 Å². The molecule has 0 aliphatic carbocycles. The van der Waals surface area contributed by atoms with Crippen LogP contribution in [0.25, 0.3) is 11.0 Å². The maximum absolute atomic E-state index is 8.98. The van der Waals surface area contributed by atoms with Crippen LogP contribution in [0.5, 0.6) is 0 Å². The van der Waals surface area contributed by atoms with E-state index in [1.54, 1.807) is 0 Å². The van der Waals surface area contributed by atoms with Gasteiger partial charge in [0.25, 0.3) is 0 Å². The zero-order valence-electron chi connectivity index (χ0n) is 10.7. The molecule has 0 aliphatic rings. The van der Waals surface area contributed by atoms with Gasteiger partial charge in [-0.05, 0) is 43.8 Å². The van der Waals surface area contributed by atoms with Crippen LogP contribution in [0.4, 0.5) is 0 Å². The summed E-state index contributed by atoms with van der Waals surface area (Å²) in [6.45, 7) is 4.37. The van der Waals surface area contributed by atoms with Gasteiger partial charge in [-0.25, -0.2) is 0 Å². The summed E-state index contributed by atoms with van der Waals surface area (Å²) in [6.07, 6.45) is 3.48. The molecule has 1 N–H and O–H groups in total. The molecule has 2 aromatic rings. The molecule has 1 atom stereocenters. The number of hydrogen-bond donors (Lipinski definition) is 1. The fraction of sp³-hybridized carbons (Fsp3) is 0.429. The van der Waals surface area contributed by atoms with Gasteiger partial charge < -0.3 is 9.55 Å². The predicted molar refractivity (Wildman–Crippen MR) is 76.1 cm³/mol. The van der Waals surface area contributed by atoms with E-state index >= 15 is 0 Å². The smallest absolute Gasteiger partial charge is 0.178 e. The van der Waals surface area contributed by atoms with Crippen LogP contribution >= 0.6 is 12.2 Å². The van der Waals surface area contributed by atoms with Crippen LogP contribution in [0.1, 0.15) is 44.7 Å². The van der Waals surface area contributed by atoms with E-state index in [-0.39, 0.29) is 0 Å². The maximum Gasteiger partial charge on any atom is 0.178 e. The average Bonchev–Trinajstić information content (AvgIpc) is 2.70. The molecular weight excluding hydrogens is 242 g/mol. The van der Waals surface area contributed by atoms with Crippen molar-refractivity contribution in [3.63, 3.8) is 0 Å². The molecule has 0 saturated heterocycles. The molecule has 1 aromatic carbocycles. The minimum Gasteiger partial charge on any atom is -0.331 e. The monoisotopic (exact) mass is 259 g/mol. The van der Waals surface area contributed by atoms with Crippen LogP contribution in [0.3, 0.4) is 0 Å². The lowest BCUT2D eigenvalue weighted by Crippen LogP contribution is -2.05. The number of hydrogen-bond acceptors (Lipinski definition) is 2. The first-order chi connectivity index (χ1) is 8.67. The van der Waals surface area contributed by atoms with Gasteiger partial charge in [0.2, 0.25) is 0 Å². The van der Waals surface area contributed by atoms with Gasteiger partial charge in [-0.2, -0.15) is 5.26 Å². The number of benzene rings is 1. The second-order valence-electron chi connectivity index (χ2n) is 4.64. The molecule has 0 spiro atoms. The van der Waals surface area contributed by atoms with Crippen molar-refractivity contribution < 1.29 is 0 Å². The summed E-state index contributed by atoms with van der Waals surface area (Å²) < 4.78 is 2.87. The molecule has 0 bridgehead atoms. The highest BCUT2D eigenvalue weighted by Crippen LogP contribution is 2.23. The normalized spacial score (nSPS) is 12.5. The number of aromatic nitrogens is 2. The average molecular weight is 259 g/mol. The molecule has 2 rings (SSSR count). The molecule has 4 heteroatoms. The fourth-order valence-electron chi connectivity index (χ4n) is 2.26. The number of aromatic amines is 1. The van der Waals surface area contributed by atoms with Gasteiger partial charge in [-0.3, -0.25) is 0 Å². The number of nitriles is 1. The van der Waals surface area contributed by atoms with Crippen molar-refractivity contribution in [2.45, 2.75) is 39.2 Å². The second kappa shape index (κ2) is 5.36. The Hall–Kier alpha value is -1.60. The van der Waals surface area contributed by atoms with E-state index in [9.17, 15) is 0 Å². The molecule has 0 saturated carbocycles. The molecule has 0 fully saturated rings. The SMILES string of the molecule is CCCCC(C)n1c(=S)[nH]c2ccc(C#N)cc21. The number of fused-ring (bicyclic) bond motifs is 1. The van der Waals surface area contributed by atoms with E-state index in [1.165, 1.54) is 12.8 Å². The molecule has 1 unspecified atom stereocenters. The number of rotatable bonds is 4. The van der Waals surface area contributed by atoms with E-state index in [1.807, 2.05) is 18.2 Å². The maximum atomic E-state index is 8.98. The molecule has 18 heavy (non-hydrogen) atoms. The van der Waals surface area contributed by atoms with Crippen molar-refractivity contribution in [2.24, 2.45) is 0 Å². The third-order valence-corrected chi connectivity index (χ3v) is 3.56. The summed E-state index contributed by atoms with van der Waals surface area (Å²) in [5.74, 6) is 0. The Kier molecular flexibility index (Phi) is 3.83. The highest BCUT2D eigenvalue weighted by Gasteiger charge is 2.11. The third-order valence-electron chi connectivity index (χ3n) is 3.26. The number of unbranched alkanes of at least 4 members (excludes halogenated alkanes) is 1. The van der Waals surface area contributed by atoms with E-state index in [2.05, 4.69) is 29.5 Å². The minimum absolute atomic E-state index is 0.361. The Morgan fingerprint density at radius 2 is 2.28 bits per heavy atom. The van der Waals surface area contributed by atoms with Gasteiger partial charge >= 0.3 is 0 Å². The lowest BCUT2D eigenvalue weighted by atomic mass is 10.1. The van der Waals surface area contributed by atoms with Crippen LogP contribution in [-0.2, 0) is 0 Å². The number of H-pyrrole nitrogens is 1. The fourth-order valence-corrected chi connectivity index (χ4v) is 2.65. The van der Waals surface area contributed by atoms with Gasteiger partial charge in [0, 0.05) is 6.04 Å². The first-order valence-corrected chi connectivity index (χ1v) is 6.72. The van der Waals surface area contributed by atoms with Crippen molar-refractivity contribution in [1.82, 2.24) is 9.55 Å². The molecule has 1 aromatic heterocycles. The highest BCUT2D eigenvalue weighted by atomic mass is 32.1. The van der Waals surface area contributed by atoms with Crippen molar-refractivity contribution in [2.75, 3.05) is 0 Å². The van der Waals surface area contributed by atoms with Gasteiger partial charge in [-0.1, -0.05) is 19.8 Å². The van der Waals surface area contributed by atoms with E-state index in [0.29, 0.717) is 11.6 Å². The van der Waals surface area contributed by atoms with Crippen LogP contribution < -0.4 is 0 Å². The van der Waals surface area contributed by atoms with E-state index < -0.39 is 0 Å². The molecule has 94 valence electrons. The molecule has 3 nitrogen and oxygen atoms in total. The van der Waals surface area contributed by atoms with E-state index in [4.69, 9.17) is 17.5 Å². The Morgan fingerprint density at radius 3 is 2.94 bits per heavy atom. The van der Waals surface area contributed by atoms with Gasteiger partial charge in [0.05, 0.1) is 22.7 Å².